The Balaban J connectivity index is 1.78. The van der Waals surface area contributed by atoms with E-state index in [4.69, 9.17) is 0 Å². The molecule has 1 heterocycles. The van der Waals surface area contributed by atoms with Crippen molar-refractivity contribution in [3.63, 3.8) is 0 Å². The molecule has 0 amide bonds. The van der Waals surface area contributed by atoms with E-state index >= 15 is 0 Å². The number of carbonyl (C=O) groups is 1. The average Bonchev–Trinajstić information content (AvgIpc) is 3.20. The fraction of sp³-hybridized carbons (Fsp3) is 0.941. The number of carbonyl (C=O) groups excluding carboxylic acids is 1. The van der Waals surface area contributed by atoms with Crippen LogP contribution in [0.1, 0.15) is 84.0 Å². The zero-order valence-electron chi connectivity index (χ0n) is 13.4. The predicted octanol–water partition coefficient (Wildman–Crippen LogP) is 5.34. The van der Waals surface area contributed by atoms with Crippen LogP contribution in [0.5, 0.6) is 0 Å². The van der Waals surface area contributed by atoms with Gasteiger partial charge in [0, 0.05) is 16.9 Å². The lowest BCUT2D eigenvalue weighted by atomic mass is 10.0. The van der Waals surface area contributed by atoms with Gasteiger partial charge in [-0.05, 0) is 19.3 Å². The summed E-state index contributed by atoms with van der Waals surface area (Å²) in [4.78, 5) is 10.9. The minimum absolute atomic E-state index is 0.0645. The third-order valence-electron chi connectivity index (χ3n) is 4.13. The van der Waals surface area contributed by atoms with Crippen LogP contribution in [-0.2, 0) is 9.53 Å². The molecule has 0 spiro atoms. The second-order valence-electron chi connectivity index (χ2n) is 5.94. The molecule has 1 rings (SSSR count). The first kappa shape index (κ1) is 17.9. The Morgan fingerprint density at radius 2 is 1.45 bits per heavy atom. The summed E-state index contributed by atoms with van der Waals surface area (Å²) >= 11 is 2.21. The van der Waals surface area contributed by atoms with E-state index in [1.165, 1.54) is 71.3 Å². The fourth-order valence-electron chi connectivity index (χ4n) is 2.71. The van der Waals surface area contributed by atoms with Gasteiger partial charge in [-0.1, -0.05) is 58.3 Å². The second-order valence-corrected chi connectivity index (χ2v) is 7.43. The maximum Gasteiger partial charge on any atom is 0.305 e. The van der Waals surface area contributed by atoms with Gasteiger partial charge < -0.3 is 4.74 Å². The molecule has 0 aliphatic carbocycles. The third kappa shape index (κ3) is 8.89. The largest absolute Gasteiger partial charge is 0.469 e. The molecule has 118 valence electrons. The molecule has 1 saturated heterocycles. The van der Waals surface area contributed by atoms with Crippen LogP contribution in [0.15, 0.2) is 0 Å². The monoisotopic (exact) mass is 300 g/mol. The maximum absolute atomic E-state index is 10.9. The van der Waals surface area contributed by atoms with Crippen molar-refractivity contribution in [2.24, 2.45) is 0 Å². The summed E-state index contributed by atoms with van der Waals surface area (Å²) in [6, 6.07) is 0. The molecule has 0 aromatic heterocycles. The van der Waals surface area contributed by atoms with Crippen molar-refractivity contribution < 1.29 is 9.53 Å². The van der Waals surface area contributed by atoms with Crippen LogP contribution in [0.2, 0.25) is 0 Å². The summed E-state index contributed by atoms with van der Waals surface area (Å²) in [5.41, 5.74) is 0. The highest BCUT2D eigenvalue weighted by atomic mass is 32.2. The summed E-state index contributed by atoms with van der Waals surface area (Å²) < 4.78 is 4.64. The molecular weight excluding hydrogens is 268 g/mol. The Bertz CT molecular complexity index is 255. The summed E-state index contributed by atoms with van der Waals surface area (Å²) in [7, 11) is 1.47. The molecule has 2 nitrogen and oxygen atoms in total. The van der Waals surface area contributed by atoms with E-state index in [1.54, 1.807) is 0 Å². The SMILES string of the molecule is CCCCCCC1SC1CCCCCCCC(=O)OC. The smallest absolute Gasteiger partial charge is 0.305 e. The number of thioether (sulfide) groups is 1. The topological polar surface area (TPSA) is 26.3 Å². The van der Waals surface area contributed by atoms with Gasteiger partial charge in [-0.15, -0.1) is 0 Å². The molecule has 3 heteroatoms. The number of esters is 1. The van der Waals surface area contributed by atoms with Crippen LogP contribution in [-0.4, -0.2) is 23.6 Å². The minimum Gasteiger partial charge on any atom is -0.469 e. The number of hydrogen-bond acceptors (Lipinski definition) is 3. The molecule has 0 radical (unpaired) electrons. The van der Waals surface area contributed by atoms with Gasteiger partial charge in [0.15, 0.2) is 0 Å². The summed E-state index contributed by atoms with van der Waals surface area (Å²) in [6.07, 6.45) is 15.2. The van der Waals surface area contributed by atoms with Gasteiger partial charge in [-0.2, -0.15) is 11.8 Å². The summed E-state index contributed by atoms with van der Waals surface area (Å²) in [5.74, 6) is -0.0645. The zero-order chi connectivity index (χ0) is 14.6. The van der Waals surface area contributed by atoms with Crippen molar-refractivity contribution in [1.82, 2.24) is 0 Å². The van der Waals surface area contributed by atoms with E-state index in [9.17, 15) is 4.79 Å². The molecule has 1 aliphatic rings. The van der Waals surface area contributed by atoms with Crippen LogP contribution in [0.3, 0.4) is 0 Å². The quantitative estimate of drug-likeness (QED) is 0.261. The van der Waals surface area contributed by atoms with E-state index in [0.717, 1.165) is 16.9 Å². The first-order valence-corrected chi connectivity index (χ1v) is 9.44. The van der Waals surface area contributed by atoms with Crippen LogP contribution in [0.25, 0.3) is 0 Å². The van der Waals surface area contributed by atoms with Gasteiger partial charge in [0.1, 0.15) is 0 Å². The summed E-state index contributed by atoms with van der Waals surface area (Å²) in [5, 5.41) is 1.97. The standard InChI is InChI=1S/C17H32O2S/c1-3-4-5-9-12-15-16(20-15)13-10-7-6-8-11-14-17(18)19-2/h15-16H,3-14H2,1-2H3. The molecule has 0 aromatic rings. The highest BCUT2D eigenvalue weighted by molar-refractivity contribution is 8.07. The molecule has 20 heavy (non-hydrogen) atoms. The third-order valence-corrected chi connectivity index (χ3v) is 5.64. The molecule has 2 atom stereocenters. The highest BCUT2D eigenvalue weighted by Crippen LogP contribution is 2.47. The van der Waals surface area contributed by atoms with Crippen molar-refractivity contribution in [2.75, 3.05) is 7.11 Å². The lowest BCUT2D eigenvalue weighted by Gasteiger charge is -2.01. The molecule has 0 N–H and O–H groups in total. The lowest BCUT2D eigenvalue weighted by Crippen LogP contribution is -1.99. The van der Waals surface area contributed by atoms with Crippen molar-refractivity contribution >= 4 is 17.7 Å². The molecule has 0 aromatic carbocycles. The van der Waals surface area contributed by atoms with Crippen LogP contribution in [0.4, 0.5) is 0 Å². The van der Waals surface area contributed by atoms with Crippen molar-refractivity contribution in [2.45, 2.75) is 94.5 Å². The first-order chi connectivity index (χ1) is 9.77. The molecular formula is C17H32O2S. The average molecular weight is 301 g/mol. The van der Waals surface area contributed by atoms with Gasteiger partial charge in [-0.25, -0.2) is 0 Å². The Morgan fingerprint density at radius 1 is 0.900 bits per heavy atom. The Hall–Kier alpha value is -0.180. The maximum atomic E-state index is 10.9. The normalized spacial score (nSPS) is 20.9. The van der Waals surface area contributed by atoms with Gasteiger partial charge in [0.2, 0.25) is 0 Å². The lowest BCUT2D eigenvalue weighted by molar-refractivity contribution is -0.140. The van der Waals surface area contributed by atoms with Crippen molar-refractivity contribution in [1.29, 1.82) is 0 Å². The number of ether oxygens (including phenoxy) is 1. The Kier molecular flexibility index (Phi) is 10.3. The minimum atomic E-state index is -0.0645. The molecule has 1 fully saturated rings. The van der Waals surface area contributed by atoms with Crippen LogP contribution < -0.4 is 0 Å². The van der Waals surface area contributed by atoms with Gasteiger partial charge in [0.05, 0.1) is 7.11 Å². The van der Waals surface area contributed by atoms with E-state index in [1.807, 2.05) is 0 Å². The Morgan fingerprint density at radius 3 is 2.05 bits per heavy atom. The highest BCUT2D eigenvalue weighted by Gasteiger charge is 2.36. The summed E-state index contributed by atoms with van der Waals surface area (Å²) in [6.45, 7) is 2.28. The van der Waals surface area contributed by atoms with Crippen LogP contribution >= 0.6 is 11.8 Å². The molecule has 2 unspecified atom stereocenters. The number of rotatable bonds is 13. The Labute approximate surface area is 129 Å². The van der Waals surface area contributed by atoms with Crippen LogP contribution in [0, 0.1) is 0 Å². The second kappa shape index (κ2) is 11.5. The predicted molar refractivity (Wildman–Crippen MR) is 88.3 cm³/mol. The van der Waals surface area contributed by atoms with Crippen molar-refractivity contribution in [3.8, 4) is 0 Å². The molecule has 0 saturated carbocycles. The van der Waals surface area contributed by atoms with Gasteiger partial charge >= 0.3 is 5.97 Å². The van der Waals surface area contributed by atoms with Crippen molar-refractivity contribution in [3.05, 3.63) is 0 Å². The van der Waals surface area contributed by atoms with E-state index < -0.39 is 0 Å². The fourth-order valence-corrected chi connectivity index (χ4v) is 3.94. The van der Waals surface area contributed by atoms with Gasteiger partial charge in [0.25, 0.3) is 0 Å². The number of unbranched alkanes of at least 4 members (excludes halogenated alkanes) is 7. The van der Waals surface area contributed by atoms with E-state index in [0.29, 0.717) is 6.42 Å². The van der Waals surface area contributed by atoms with E-state index in [-0.39, 0.29) is 5.97 Å². The van der Waals surface area contributed by atoms with E-state index in [2.05, 4.69) is 23.4 Å². The number of methoxy groups -OCH3 is 1. The molecule has 0 bridgehead atoms. The zero-order valence-corrected chi connectivity index (χ0v) is 14.2. The van der Waals surface area contributed by atoms with Gasteiger partial charge in [-0.3, -0.25) is 4.79 Å². The number of hydrogen-bond donors (Lipinski definition) is 0. The molecule has 1 aliphatic heterocycles. The first-order valence-electron chi connectivity index (χ1n) is 8.50.